The third-order valence-corrected chi connectivity index (χ3v) is 4.50. The van der Waals surface area contributed by atoms with Gasteiger partial charge in [0.15, 0.2) is 0 Å². The van der Waals surface area contributed by atoms with E-state index in [0.29, 0.717) is 11.6 Å². The Balaban J connectivity index is 1.58. The van der Waals surface area contributed by atoms with Crippen LogP contribution in [0.5, 0.6) is 0 Å². The number of nitrogens with zero attached hydrogens (tertiary/aromatic N) is 3. The fourth-order valence-electron chi connectivity index (χ4n) is 3.20. The summed E-state index contributed by atoms with van der Waals surface area (Å²) in [5, 5.41) is 0. The Morgan fingerprint density at radius 3 is 1.81 bits per heavy atom. The van der Waals surface area contributed by atoms with Crippen LogP contribution < -0.4 is 0 Å². The molecule has 0 unspecified atom stereocenters. The van der Waals surface area contributed by atoms with Crippen molar-refractivity contribution in [2.24, 2.45) is 0 Å². The number of hydrogen-bond acceptors (Lipinski definition) is 4. The van der Waals surface area contributed by atoms with Crippen molar-refractivity contribution >= 4 is 0 Å². The summed E-state index contributed by atoms with van der Waals surface area (Å²) in [6, 6.07) is 0. The zero-order chi connectivity index (χ0) is 15.7. The first-order valence-electron chi connectivity index (χ1n) is 8.51. The molecule has 2 aliphatic heterocycles. The van der Waals surface area contributed by atoms with Crippen molar-refractivity contribution in [3.8, 4) is 0 Å². The molecule has 0 saturated carbocycles. The molecule has 2 aliphatic rings. The fraction of sp³-hybridized carbons (Fsp3) is 1.00. The average Bonchev–Trinajstić information content (AvgIpc) is 2.30. The summed E-state index contributed by atoms with van der Waals surface area (Å²) in [5.74, 6) is 0. The summed E-state index contributed by atoms with van der Waals surface area (Å²) < 4.78 is 5.99. The van der Waals surface area contributed by atoms with Gasteiger partial charge in [-0.1, -0.05) is 0 Å². The summed E-state index contributed by atoms with van der Waals surface area (Å²) in [7, 11) is 0. The van der Waals surface area contributed by atoms with E-state index < -0.39 is 0 Å². The third kappa shape index (κ3) is 5.51. The second-order valence-electron chi connectivity index (χ2n) is 8.61. The Morgan fingerprint density at radius 1 is 0.810 bits per heavy atom. The number of piperazine rings is 1. The first-order valence-corrected chi connectivity index (χ1v) is 8.51. The van der Waals surface area contributed by atoms with Crippen molar-refractivity contribution in [3.05, 3.63) is 0 Å². The lowest BCUT2D eigenvalue weighted by Gasteiger charge is -2.45. The molecule has 2 fully saturated rings. The van der Waals surface area contributed by atoms with Gasteiger partial charge in [-0.2, -0.15) is 0 Å². The van der Waals surface area contributed by atoms with Crippen LogP contribution in [0.15, 0.2) is 0 Å². The van der Waals surface area contributed by atoms with Crippen LogP contribution in [0, 0.1) is 0 Å². The lowest BCUT2D eigenvalue weighted by Crippen LogP contribution is -2.58. The van der Waals surface area contributed by atoms with E-state index in [1.807, 2.05) is 0 Å². The quantitative estimate of drug-likeness (QED) is 0.789. The van der Waals surface area contributed by atoms with Gasteiger partial charge in [-0.25, -0.2) is 0 Å². The molecule has 0 N–H and O–H groups in total. The molecular formula is C17H35N3O. The molecule has 0 spiro atoms. The summed E-state index contributed by atoms with van der Waals surface area (Å²) in [6.45, 7) is 22.9. The van der Waals surface area contributed by atoms with Crippen molar-refractivity contribution in [2.45, 2.75) is 58.8 Å². The average molecular weight is 297 g/mol. The molecule has 2 heterocycles. The minimum absolute atomic E-state index is 0.0000407. The highest BCUT2D eigenvalue weighted by atomic mass is 16.5. The summed E-state index contributed by atoms with van der Waals surface area (Å²) >= 11 is 0. The predicted octanol–water partition coefficient (Wildman–Crippen LogP) is 1.90. The zero-order valence-electron chi connectivity index (χ0n) is 15.0. The Hall–Kier alpha value is -0.160. The van der Waals surface area contributed by atoms with E-state index in [1.165, 1.54) is 39.3 Å². The molecule has 4 heteroatoms. The second-order valence-corrected chi connectivity index (χ2v) is 8.61. The monoisotopic (exact) mass is 297 g/mol. The lowest BCUT2D eigenvalue weighted by molar-refractivity contribution is -0.125. The highest BCUT2D eigenvalue weighted by Crippen LogP contribution is 2.19. The molecule has 2 saturated heterocycles. The van der Waals surface area contributed by atoms with Crippen molar-refractivity contribution in [1.29, 1.82) is 0 Å². The first kappa shape index (κ1) is 17.2. The van der Waals surface area contributed by atoms with Crippen molar-refractivity contribution in [3.63, 3.8) is 0 Å². The van der Waals surface area contributed by atoms with Crippen LogP contribution in [0.4, 0.5) is 0 Å². The van der Waals surface area contributed by atoms with Crippen LogP contribution in [0.1, 0.15) is 41.5 Å². The molecule has 0 aromatic rings. The Labute approximate surface area is 131 Å². The summed E-state index contributed by atoms with van der Waals surface area (Å²) in [5.41, 5.74) is 0.321. The van der Waals surface area contributed by atoms with Gasteiger partial charge < -0.3 is 4.74 Å². The molecular weight excluding hydrogens is 262 g/mol. The first-order chi connectivity index (χ1) is 9.63. The van der Waals surface area contributed by atoms with Crippen molar-refractivity contribution in [1.82, 2.24) is 14.7 Å². The van der Waals surface area contributed by atoms with Crippen LogP contribution in [0.3, 0.4) is 0 Å². The molecule has 0 aliphatic carbocycles. The normalized spacial score (nSPS) is 24.3. The molecule has 0 aromatic carbocycles. The topological polar surface area (TPSA) is 19.0 Å². The van der Waals surface area contributed by atoms with E-state index in [2.05, 4.69) is 56.2 Å². The summed E-state index contributed by atoms with van der Waals surface area (Å²) in [6.07, 6.45) is 0.447. The molecule has 0 bridgehead atoms. The van der Waals surface area contributed by atoms with Crippen molar-refractivity contribution < 1.29 is 4.74 Å². The maximum Gasteiger partial charge on any atom is 0.0835 e. The minimum atomic E-state index is 0.0000407. The van der Waals surface area contributed by atoms with Gasteiger partial charge in [0.2, 0.25) is 0 Å². The number of rotatable bonds is 4. The van der Waals surface area contributed by atoms with Gasteiger partial charge in [0.25, 0.3) is 0 Å². The van der Waals surface area contributed by atoms with Crippen LogP contribution in [-0.2, 0) is 4.74 Å². The Morgan fingerprint density at radius 2 is 1.33 bits per heavy atom. The molecule has 21 heavy (non-hydrogen) atoms. The Bertz CT molecular complexity index is 318. The van der Waals surface area contributed by atoms with Crippen LogP contribution in [-0.4, -0.2) is 84.3 Å². The standard InChI is InChI=1S/C17H35N3O/c1-16(2,3)20-11-9-18(10-12-20)7-8-19-13-15(14-19)21-17(4,5)6/h15H,7-14H2,1-6H3. The van der Waals surface area contributed by atoms with E-state index >= 15 is 0 Å². The van der Waals surface area contributed by atoms with E-state index in [1.54, 1.807) is 0 Å². The van der Waals surface area contributed by atoms with Crippen LogP contribution in [0.2, 0.25) is 0 Å². The molecule has 2 rings (SSSR count). The SMILES string of the molecule is CC(C)(C)OC1CN(CCN2CCN(C(C)(C)C)CC2)C1. The van der Waals surface area contributed by atoms with Gasteiger partial charge in [0.1, 0.15) is 0 Å². The second kappa shape index (κ2) is 6.53. The van der Waals surface area contributed by atoms with E-state index in [0.717, 1.165) is 13.1 Å². The maximum absolute atomic E-state index is 5.99. The van der Waals surface area contributed by atoms with E-state index in [9.17, 15) is 0 Å². The largest absolute Gasteiger partial charge is 0.370 e. The highest BCUT2D eigenvalue weighted by molar-refractivity contribution is 4.85. The molecule has 0 radical (unpaired) electrons. The lowest BCUT2D eigenvalue weighted by atomic mass is 10.0. The Kier molecular flexibility index (Phi) is 5.35. The third-order valence-electron chi connectivity index (χ3n) is 4.50. The highest BCUT2D eigenvalue weighted by Gasteiger charge is 2.31. The molecule has 0 atom stereocenters. The van der Waals surface area contributed by atoms with Gasteiger partial charge in [-0.05, 0) is 41.5 Å². The number of likely N-dealkylation sites (tertiary alicyclic amines) is 1. The van der Waals surface area contributed by atoms with Gasteiger partial charge in [0, 0.05) is 57.9 Å². The summed E-state index contributed by atoms with van der Waals surface area (Å²) in [4.78, 5) is 7.73. The molecule has 124 valence electrons. The molecule has 0 aromatic heterocycles. The number of ether oxygens (including phenoxy) is 1. The number of hydrogen-bond donors (Lipinski definition) is 0. The molecule has 4 nitrogen and oxygen atoms in total. The van der Waals surface area contributed by atoms with Gasteiger partial charge in [-0.3, -0.25) is 14.7 Å². The van der Waals surface area contributed by atoms with Gasteiger partial charge in [-0.15, -0.1) is 0 Å². The smallest absolute Gasteiger partial charge is 0.0835 e. The fourth-order valence-corrected chi connectivity index (χ4v) is 3.20. The van der Waals surface area contributed by atoms with Crippen LogP contribution >= 0.6 is 0 Å². The molecule has 0 amide bonds. The predicted molar refractivity (Wildman–Crippen MR) is 88.8 cm³/mol. The van der Waals surface area contributed by atoms with E-state index in [-0.39, 0.29) is 5.60 Å². The minimum Gasteiger partial charge on any atom is -0.370 e. The maximum atomic E-state index is 5.99. The van der Waals surface area contributed by atoms with Gasteiger partial charge >= 0.3 is 0 Å². The van der Waals surface area contributed by atoms with Crippen LogP contribution in [0.25, 0.3) is 0 Å². The van der Waals surface area contributed by atoms with Crippen molar-refractivity contribution in [2.75, 3.05) is 52.4 Å². The van der Waals surface area contributed by atoms with Gasteiger partial charge in [0.05, 0.1) is 11.7 Å². The zero-order valence-corrected chi connectivity index (χ0v) is 15.0. The van der Waals surface area contributed by atoms with E-state index in [4.69, 9.17) is 4.74 Å².